The van der Waals surface area contributed by atoms with Crippen LogP contribution in [0.3, 0.4) is 0 Å². The molecule has 3 heteroatoms. The number of nitrogens with two attached hydrogens (primary N) is 1. The van der Waals surface area contributed by atoms with Crippen LogP contribution in [0.2, 0.25) is 0 Å². The number of hydrogen-bond donors (Lipinski definition) is 1. The number of likely N-dealkylation sites (N-methyl/N-ethyl adjacent to an activating group) is 1. The molecule has 1 fully saturated rings. The molecule has 1 atom stereocenters. The maximum absolute atomic E-state index is 5.73. The van der Waals surface area contributed by atoms with E-state index in [-0.39, 0.29) is 0 Å². The van der Waals surface area contributed by atoms with E-state index < -0.39 is 0 Å². The lowest BCUT2D eigenvalue weighted by atomic mass is 9.97. The largest absolute Gasteiger partial charge is 0.399 e. The van der Waals surface area contributed by atoms with Crippen LogP contribution in [0.5, 0.6) is 0 Å². The number of nitrogen functional groups attached to an aromatic ring is 1. The Bertz CT molecular complexity index is 366. The van der Waals surface area contributed by atoms with Crippen LogP contribution >= 0.6 is 0 Å². The summed E-state index contributed by atoms with van der Waals surface area (Å²) in [7, 11) is 0. The van der Waals surface area contributed by atoms with Gasteiger partial charge in [0.15, 0.2) is 0 Å². The van der Waals surface area contributed by atoms with Crippen molar-refractivity contribution in [1.82, 2.24) is 9.80 Å². The summed E-state index contributed by atoms with van der Waals surface area (Å²) in [5.74, 6) is 0.616. The zero-order valence-corrected chi connectivity index (χ0v) is 12.3. The van der Waals surface area contributed by atoms with Crippen LogP contribution in [-0.2, 0) is 0 Å². The van der Waals surface area contributed by atoms with Crippen molar-refractivity contribution >= 4 is 5.69 Å². The van der Waals surface area contributed by atoms with Gasteiger partial charge in [0.05, 0.1) is 0 Å². The molecule has 1 saturated heterocycles. The van der Waals surface area contributed by atoms with E-state index in [1.807, 2.05) is 12.1 Å². The first kappa shape index (κ1) is 14.4. The lowest BCUT2D eigenvalue weighted by molar-refractivity contribution is 0.134. The van der Waals surface area contributed by atoms with Gasteiger partial charge in [-0.3, -0.25) is 0 Å². The highest BCUT2D eigenvalue weighted by atomic mass is 15.3. The van der Waals surface area contributed by atoms with Crippen molar-refractivity contribution < 1.29 is 0 Å². The van der Waals surface area contributed by atoms with Gasteiger partial charge in [0.2, 0.25) is 0 Å². The zero-order valence-electron chi connectivity index (χ0n) is 12.3. The molecule has 0 spiro atoms. The van der Waals surface area contributed by atoms with Crippen molar-refractivity contribution in [2.75, 3.05) is 45.0 Å². The third-order valence-electron chi connectivity index (χ3n) is 4.30. The average Bonchev–Trinajstić information content (AvgIpc) is 2.46. The maximum atomic E-state index is 5.73. The molecule has 0 bridgehead atoms. The summed E-state index contributed by atoms with van der Waals surface area (Å²) in [6.07, 6.45) is 1.23. The minimum Gasteiger partial charge on any atom is -0.399 e. The predicted octanol–water partition coefficient (Wildman–Crippen LogP) is 2.40. The van der Waals surface area contributed by atoms with E-state index in [4.69, 9.17) is 5.73 Å². The SMILES string of the molecule is CCN1CCN(CCC(C)c2ccc(N)cc2)CC1. The summed E-state index contributed by atoms with van der Waals surface area (Å²) in [5, 5.41) is 0. The Hall–Kier alpha value is -1.06. The minimum atomic E-state index is 0.616. The second kappa shape index (κ2) is 6.92. The monoisotopic (exact) mass is 261 g/mol. The van der Waals surface area contributed by atoms with Crippen molar-refractivity contribution in [3.63, 3.8) is 0 Å². The van der Waals surface area contributed by atoms with Crippen LogP contribution < -0.4 is 5.73 Å². The molecule has 106 valence electrons. The smallest absolute Gasteiger partial charge is 0.0314 e. The fourth-order valence-electron chi connectivity index (χ4n) is 2.70. The lowest BCUT2D eigenvalue weighted by Crippen LogP contribution is -2.46. The Labute approximate surface area is 117 Å². The molecule has 0 saturated carbocycles. The van der Waals surface area contributed by atoms with Gasteiger partial charge in [0.25, 0.3) is 0 Å². The van der Waals surface area contributed by atoms with Crippen LogP contribution in [0.25, 0.3) is 0 Å². The third kappa shape index (κ3) is 4.22. The first-order valence-electron chi connectivity index (χ1n) is 7.49. The van der Waals surface area contributed by atoms with Crippen LogP contribution in [0.4, 0.5) is 5.69 Å². The zero-order chi connectivity index (χ0) is 13.7. The van der Waals surface area contributed by atoms with Crippen molar-refractivity contribution in [2.45, 2.75) is 26.2 Å². The molecular formula is C16H27N3. The van der Waals surface area contributed by atoms with Crippen molar-refractivity contribution in [2.24, 2.45) is 0 Å². The summed E-state index contributed by atoms with van der Waals surface area (Å²) in [6.45, 7) is 11.9. The van der Waals surface area contributed by atoms with Crippen LogP contribution in [0.1, 0.15) is 31.7 Å². The van der Waals surface area contributed by atoms with E-state index in [1.165, 1.54) is 51.3 Å². The summed E-state index contributed by atoms with van der Waals surface area (Å²) in [4.78, 5) is 5.12. The predicted molar refractivity (Wildman–Crippen MR) is 82.4 cm³/mol. The fourth-order valence-corrected chi connectivity index (χ4v) is 2.70. The van der Waals surface area contributed by atoms with Gasteiger partial charge in [0.1, 0.15) is 0 Å². The van der Waals surface area contributed by atoms with Crippen molar-refractivity contribution in [3.05, 3.63) is 29.8 Å². The van der Waals surface area contributed by atoms with Gasteiger partial charge in [-0.25, -0.2) is 0 Å². The molecule has 0 amide bonds. The normalized spacial score (nSPS) is 19.5. The molecule has 19 heavy (non-hydrogen) atoms. The molecule has 2 N–H and O–H groups in total. The third-order valence-corrected chi connectivity index (χ3v) is 4.30. The molecule has 1 unspecified atom stereocenters. The Balaban J connectivity index is 1.75. The van der Waals surface area contributed by atoms with E-state index >= 15 is 0 Å². The molecule has 1 aromatic carbocycles. The molecule has 0 aromatic heterocycles. The number of benzene rings is 1. The van der Waals surface area contributed by atoms with E-state index in [9.17, 15) is 0 Å². The summed E-state index contributed by atoms with van der Waals surface area (Å²) < 4.78 is 0. The molecule has 0 radical (unpaired) electrons. The number of nitrogens with zero attached hydrogens (tertiary/aromatic N) is 2. The van der Waals surface area contributed by atoms with Gasteiger partial charge in [0, 0.05) is 31.9 Å². The topological polar surface area (TPSA) is 32.5 Å². The number of piperazine rings is 1. The second-order valence-corrected chi connectivity index (χ2v) is 5.63. The first-order chi connectivity index (χ1) is 9.19. The van der Waals surface area contributed by atoms with Gasteiger partial charge >= 0.3 is 0 Å². The Kier molecular flexibility index (Phi) is 5.23. The average molecular weight is 261 g/mol. The number of anilines is 1. The molecular weight excluding hydrogens is 234 g/mol. The van der Waals surface area contributed by atoms with E-state index in [0.717, 1.165) is 5.69 Å². The molecule has 1 aliphatic heterocycles. The second-order valence-electron chi connectivity index (χ2n) is 5.63. The molecule has 3 nitrogen and oxygen atoms in total. The standard InChI is InChI=1S/C16H27N3/c1-3-18-10-12-19(13-11-18)9-8-14(2)15-4-6-16(17)7-5-15/h4-7,14H,3,8-13,17H2,1-2H3. The van der Waals surface area contributed by atoms with Gasteiger partial charge < -0.3 is 15.5 Å². The van der Waals surface area contributed by atoms with Gasteiger partial charge in [-0.15, -0.1) is 0 Å². The maximum Gasteiger partial charge on any atom is 0.0314 e. The van der Waals surface area contributed by atoms with E-state index in [2.05, 4.69) is 35.8 Å². The molecule has 0 aliphatic carbocycles. The number of hydrogen-bond acceptors (Lipinski definition) is 3. The molecule has 2 rings (SSSR count). The highest BCUT2D eigenvalue weighted by Crippen LogP contribution is 2.20. The van der Waals surface area contributed by atoms with Crippen LogP contribution in [0.15, 0.2) is 24.3 Å². The summed E-state index contributed by atoms with van der Waals surface area (Å²) in [6, 6.07) is 8.34. The van der Waals surface area contributed by atoms with Crippen molar-refractivity contribution in [1.29, 1.82) is 0 Å². The highest BCUT2D eigenvalue weighted by Gasteiger charge is 2.16. The van der Waals surface area contributed by atoms with Crippen LogP contribution in [-0.4, -0.2) is 49.1 Å². The van der Waals surface area contributed by atoms with Gasteiger partial charge in [-0.1, -0.05) is 26.0 Å². The molecule has 1 heterocycles. The van der Waals surface area contributed by atoms with Gasteiger partial charge in [-0.05, 0) is 43.1 Å². The van der Waals surface area contributed by atoms with Crippen molar-refractivity contribution in [3.8, 4) is 0 Å². The Morgan fingerprint density at radius 1 is 1.05 bits per heavy atom. The first-order valence-corrected chi connectivity index (χ1v) is 7.49. The number of rotatable bonds is 5. The van der Waals surface area contributed by atoms with Crippen LogP contribution in [0, 0.1) is 0 Å². The highest BCUT2D eigenvalue weighted by molar-refractivity contribution is 5.40. The van der Waals surface area contributed by atoms with E-state index in [0.29, 0.717) is 5.92 Å². The molecule has 1 aliphatic rings. The lowest BCUT2D eigenvalue weighted by Gasteiger charge is -2.34. The van der Waals surface area contributed by atoms with Gasteiger partial charge in [-0.2, -0.15) is 0 Å². The minimum absolute atomic E-state index is 0.616. The molecule has 1 aromatic rings. The Morgan fingerprint density at radius 3 is 2.21 bits per heavy atom. The quantitative estimate of drug-likeness (QED) is 0.826. The summed E-state index contributed by atoms with van der Waals surface area (Å²) in [5.41, 5.74) is 7.99. The van der Waals surface area contributed by atoms with E-state index in [1.54, 1.807) is 0 Å². The summed E-state index contributed by atoms with van der Waals surface area (Å²) >= 11 is 0. The Morgan fingerprint density at radius 2 is 1.63 bits per heavy atom. The fraction of sp³-hybridized carbons (Fsp3) is 0.625.